The minimum absolute atomic E-state index is 0.110. The lowest BCUT2D eigenvalue weighted by Gasteiger charge is -2.33. The summed E-state index contributed by atoms with van der Waals surface area (Å²) in [5.74, 6) is 0. The molecule has 0 aliphatic heterocycles. The van der Waals surface area contributed by atoms with Crippen LogP contribution in [0.3, 0.4) is 0 Å². The molecule has 7 heteroatoms. The molecule has 7 nitrogen and oxygen atoms in total. The molecule has 0 aromatic carbocycles. The van der Waals surface area contributed by atoms with Crippen LogP contribution in [-0.4, -0.2) is 49.6 Å². The fourth-order valence-electron chi connectivity index (χ4n) is 3.48. The maximum absolute atomic E-state index is 12.3. The van der Waals surface area contributed by atoms with Crippen LogP contribution in [0.5, 0.6) is 0 Å². The predicted molar refractivity (Wildman–Crippen MR) is 82.3 cm³/mol. The minimum Gasteiger partial charge on any atom is -0.381 e. The number of hydrogen-bond acceptors (Lipinski definition) is 5. The van der Waals surface area contributed by atoms with Crippen LogP contribution in [0.15, 0.2) is 5.29 Å². The molecule has 2 aliphatic carbocycles. The van der Waals surface area contributed by atoms with Crippen molar-refractivity contribution in [3.05, 3.63) is 4.91 Å². The van der Waals surface area contributed by atoms with Gasteiger partial charge in [-0.15, -0.1) is 4.91 Å². The second-order valence-corrected chi connectivity index (χ2v) is 6.25. The van der Waals surface area contributed by atoms with Gasteiger partial charge in [0.2, 0.25) is 0 Å². The van der Waals surface area contributed by atoms with E-state index >= 15 is 0 Å². The zero-order chi connectivity index (χ0) is 15.9. The largest absolute Gasteiger partial charge is 0.381 e. The van der Waals surface area contributed by atoms with E-state index < -0.39 is 0 Å². The van der Waals surface area contributed by atoms with Crippen LogP contribution in [-0.2, 0) is 9.47 Å². The lowest BCUT2D eigenvalue weighted by atomic mass is 9.92. The fourth-order valence-corrected chi connectivity index (χ4v) is 3.48. The monoisotopic (exact) mass is 313 g/mol. The summed E-state index contributed by atoms with van der Waals surface area (Å²) in [5.41, 5.74) is 0. The van der Waals surface area contributed by atoms with Crippen molar-refractivity contribution >= 4 is 6.03 Å². The van der Waals surface area contributed by atoms with Crippen molar-refractivity contribution in [2.24, 2.45) is 5.29 Å². The van der Waals surface area contributed by atoms with Crippen molar-refractivity contribution in [2.45, 2.75) is 75.7 Å². The van der Waals surface area contributed by atoms with Gasteiger partial charge in [0.25, 0.3) is 0 Å². The third-order valence-corrected chi connectivity index (χ3v) is 4.95. The molecule has 0 atom stereocenters. The molecule has 0 aromatic rings. The molecule has 0 spiro atoms. The first-order valence-electron chi connectivity index (χ1n) is 8.16. The molecule has 0 saturated heterocycles. The van der Waals surface area contributed by atoms with Crippen molar-refractivity contribution in [2.75, 3.05) is 14.2 Å². The Morgan fingerprint density at radius 2 is 1.45 bits per heavy atom. The van der Waals surface area contributed by atoms with E-state index in [0.29, 0.717) is 0 Å². The number of rotatable bonds is 5. The highest BCUT2D eigenvalue weighted by Gasteiger charge is 2.31. The van der Waals surface area contributed by atoms with Crippen LogP contribution in [0.2, 0.25) is 0 Å². The van der Waals surface area contributed by atoms with Crippen molar-refractivity contribution in [3.8, 4) is 0 Å². The number of methoxy groups -OCH3 is 2. The van der Waals surface area contributed by atoms with Gasteiger partial charge in [-0.05, 0) is 51.4 Å². The van der Waals surface area contributed by atoms with Crippen LogP contribution in [0.4, 0.5) is 4.79 Å². The van der Waals surface area contributed by atoms with E-state index in [9.17, 15) is 9.70 Å². The number of hydrogen-bond donors (Lipinski definition) is 1. The van der Waals surface area contributed by atoms with Crippen molar-refractivity contribution in [1.82, 2.24) is 10.3 Å². The van der Waals surface area contributed by atoms with Crippen LogP contribution >= 0.6 is 0 Å². The number of nitrogens with one attached hydrogen (secondary N) is 1. The number of amides is 2. The van der Waals surface area contributed by atoms with Gasteiger partial charge in [0.1, 0.15) is 0 Å². The number of carbonyl (C=O) groups is 1. The van der Waals surface area contributed by atoms with E-state index in [4.69, 9.17) is 9.47 Å². The van der Waals surface area contributed by atoms with E-state index in [-0.39, 0.29) is 30.3 Å². The van der Waals surface area contributed by atoms with Gasteiger partial charge in [-0.25, -0.2) is 4.79 Å². The van der Waals surface area contributed by atoms with Gasteiger partial charge in [0, 0.05) is 20.3 Å². The van der Waals surface area contributed by atoms with Crippen molar-refractivity contribution in [3.63, 3.8) is 0 Å². The Labute approximate surface area is 131 Å². The molecule has 2 rings (SSSR count). The van der Waals surface area contributed by atoms with E-state index in [0.717, 1.165) is 56.4 Å². The Bertz CT molecular complexity index is 364. The fraction of sp³-hybridized carbons (Fsp3) is 0.933. The summed E-state index contributed by atoms with van der Waals surface area (Å²) < 4.78 is 10.6. The Hall–Kier alpha value is -1.21. The average Bonchev–Trinajstić information content (AvgIpc) is 2.57. The van der Waals surface area contributed by atoms with E-state index in [2.05, 4.69) is 10.6 Å². The Morgan fingerprint density at radius 3 is 1.91 bits per heavy atom. The highest BCUT2D eigenvalue weighted by molar-refractivity contribution is 5.74. The molecule has 2 amide bonds. The summed E-state index contributed by atoms with van der Waals surface area (Å²) >= 11 is 0. The number of ether oxygens (including phenoxy) is 2. The summed E-state index contributed by atoms with van der Waals surface area (Å²) in [5, 5.41) is 7.00. The van der Waals surface area contributed by atoms with Crippen LogP contribution in [0.25, 0.3) is 0 Å². The second-order valence-electron chi connectivity index (χ2n) is 6.25. The molecule has 1 N–H and O–H groups in total. The van der Waals surface area contributed by atoms with Gasteiger partial charge in [-0.2, -0.15) is 5.01 Å². The van der Waals surface area contributed by atoms with Crippen LogP contribution < -0.4 is 5.32 Å². The van der Waals surface area contributed by atoms with Gasteiger partial charge >= 0.3 is 6.03 Å². The molecule has 2 saturated carbocycles. The third-order valence-electron chi connectivity index (χ3n) is 4.95. The summed E-state index contributed by atoms with van der Waals surface area (Å²) in [6.45, 7) is 0. The van der Waals surface area contributed by atoms with Gasteiger partial charge in [-0.3, -0.25) is 0 Å². The zero-order valence-corrected chi connectivity index (χ0v) is 13.5. The smallest absolute Gasteiger partial charge is 0.340 e. The Balaban J connectivity index is 1.81. The van der Waals surface area contributed by atoms with E-state index in [1.165, 1.54) is 0 Å². The van der Waals surface area contributed by atoms with E-state index in [1.807, 2.05) is 0 Å². The molecular weight excluding hydrogens is 286 g/mol. The molecule has 0 unspecified atom stereocenters. The molecule has 126 valence electrons. The van der Waals surface area contributed by atoms with Gasteiger partial charge in [-0.1, -0.05) is 0 Å². The third kappa shape index (κ3) is 4.39. The molecule has 0 aromatic heterocycles. The molecule has 0 bridgehead atoms. The van der Waals surface area contributed by atoms with Gasteiger partial charge < -0.3 is 14.8 Å². The van der Waals surface area contributed by atoms with Crippen LogP contribution in [0, 0.1) is 4.91 Å². The Kier molecular flexibility index (Phi) is 6.57. The number of nitroso groups, excluding NO2 is 1. The number of nitrogens with zero attached hydrogens (tertiary/aromatic N) is 2. The zero-order valence-electron chi connectivity index (χ0n) is 13.5. The summed E-state index contributed by atoms with van der Waals surface area (Å²) in [6.07, 6.45) is 7.40. The standard InChI is InChI=1S/C15H27N3O4/c1-21-13-7-3-11(4-8-13)16-15(19)18(17-20)12-5-9-14(22-2)10-6-12/h11-14H,3-10H2,1-2H3,(H,16,19). The lowest BCUT2D eigenvalue weighted by molar-refractivity contribution is 0.0438. The lowest BCUT2D eigenvalue weighted by Crippen LogP contribution is -2.49. The van der Waals surface area contributed by atoms with E-state index in [1.54, 1.807) is 14.2 Å². The molecule has 0 heterocycles. The summed E-state index contributed by atoms with van der Waals surface area (Å²) in [7, 11) is 3.42. The molecule has 22 heavy (non-hydrogen) atoms. The maximum atomic E-state index is 12.3. The maximum Gasteiger partial charge on any atom is 0.340 e. The first kappa shape index (κ1) is 17.1. The molecule has 2 aliphatic rings. The van der Waals surface area contributed by atoms with Crippen LogP contribution in [0.1, 0.15) is 51.4 Å². The first-order valence-corrected chi connectivity index (χ1v) is 8.16. The highest BCUT2D eigenvalue weighted by Crippen LogP contribution is 2.26. The Morgan fingerprint density at radius 1 is 0.955 bits per heavy atom. The minimum atomic E-state index is -0.364. The summed E-state index contributed by atoms with van der Waals surface area (Å²) in [6, 6.07) is -0.366. The quantitative estimate of drug-likeness (QED) is 0.625. The van der Waals surface area contributed by atoms with Crippen molar-refractivity contribution < 1.29 is 14.3 Å². The number of carbonyl (C=O) groups excluding carboxylic acids is 1. The van der Waals surface area contributed by atoms with Gasteiger partial charge in [0.15, 0.2) is 0 Å². The SMILES string of the molecule is COC1CCC(NC(=O)N(N=O)C2CCC(OC)CC2)CC1. The molecule has 0 radical (unpaired) electrons. The second kappa shape index (κ2) is 8.43. The highest BCUT2D eigenvalue weighted by atomic mass is 16.5. The van der Waals surface area contributed by atoms with Gasteiger partial charge in [0.05, 0.1) is 23.5 Å². The summed E-state index contributed by atoms with van der Waals surface area (Å²) in [4.78, 5) is 23.4. The predicted octanol–water partition coefficient (Wildman–Crippen LogP) is 2.59. The topological polar surface area (TPSA) is 80.2 Å². The first-order chi connectivity index (χ1) is 10.7. The molecular formula is C15H27N3O4. The normalized spacial score (nSPS) is 32.3. The number of urea groups is 1. The molecule has 2 fully saturated rings. The average molecular weight is 313 g/mol. The van der Waals surface area contributed by atoms with Crippen molar-refractivity contribution in [1.29, 1.82) is 0 Å².